The first-order valence-electron chi connectivity index (χ1n) is 10.4. The predicted octanol–water partition coefficient (Wildman–Crippen LogP) is 4.28. The Morgan fingerprint density at radius 3 is 2.14 bits per heavy atom. The topological polar surface area (TPSA) is 135 Å². The van der Waals surface area contributed by atoms with Crippen molar-refractivity contribution in [3.05, 3.63) is 94.8 Å². The van der Waals surface area contributed by atoms with Gasteiger partial charge in [-0.3, -0.25) is 15.0 Å². The van der Waals surface area contributed by atoms with Crippen LogP contribution in [0.4, 0.5) is 13.2 Å². The van der Waals surface area contributed by atoms with Crippen LogP contribution in [0.5, 0.6) is 11.5 Å². The van der Waals surface area contributed by atoms with Crippen LogP contribution in [0.2, 0.25) is 0 Å². The van der Waals surface area contributed by atoms with Crippen LogP contribution in [0.25, 0.3) is 0 Å². The van der Waals surface area contributed by atoms with Crippen LogP contribution < -0.4 is 15.8 Å². The molecule has 1 unspecified atom stereocenters. The number of nitrogen functional groups attached to an aromatic ring is 1. The number of rotatable bonds is 8. The van der Waals surface area contributed by atoms with Gasteiger partial charge < -0.3 is 25.6 Å². The van der Waals surface area contributed by atoms with Gasteiger partial charge in [0.1, 0.15) is 23.2 Å². The van der Waals surface area contributed by atoms with E-state index in [2.05, 4.69) is 5.32 Å². The number of hydrogen-bond acceptors (Lipinski definition) is 5. The number of carboxylic acids is 1. The summed E-state index contributed by atoms with van der Waals surface area (Å²) < 4.78 is 53.0. The Hall–Kier alpha value is -4.38. The Bertz CT molecular complexity index is 1210. The minimum Gasteiger partial charge on any atom is -0.481 e. The molecule has 0 aromatic heterocycles. The van der Waals surface area contributed by atoms with Crippen LogP contribution in [0.15, 0.2) is 60.7 Å². The summed E-state index contributed by atoms with van der Waals surface area (Å²) in [5.41, 5.74) is 6.00. The smallest absolute Gasteiger partial charge is 0.300 e. The Morgan fingerprint density at radius 2 is 1.61 bits per heavy atom. The molecule has 8 nitrogen and oxygen atoms in total. The van der Waals surface area contributed by atoms with Gasteiger partial charge in [-0.05, 0) is 42.0 Å². The van der Waals surface area contributed by atoms with Crippen molar-refractivity contribution in [2.24, 2.45) is 5.73 Å². The van der Waals surface area contributed by atoms with E-state index < -0.39 is 41.0 Å². The summed E-state index contributed by atoms with van der Waals surface area (Å²) in [5, 5.41) is 17.4. The number of halogens is 3. The fourth-order valence-electron chi connectivity index (χ4n) is 2.94. The third-order valence-corrected chi connectivity index (χ3v) is 4.60. The SMILES string of the molecule is CC(=O)O.COC(C(=O)NCc1ccc(C(=N)N)cc1)c1c(F)ccc(Oc2ccc(F)cc2)c1F. The molecule has 0 radical (unpaired) electrons. The molecule has 3 aromatic rings. The van der Waals surface area contributed by atoms with Crippen LogP contribution in [0, 0.1) is 22.9 Å². The summed E-state index contributed by atoms with van der Waals surface area (Å²) >= 11 is 0. The third kappa shape index (κ3) is 7.84. The molecule has 0 aliphatic carbocycles. The van der Waals surface area contributed by atoms with Gasteiger partial charge in [-0.15, -0.1) is 0 Å². The van der Waals surface area contributed by atoms with E-state index in [-0.39, 0.29) is 23.9 Å². The summed E-state index contributed by atoms with van der Waals surface area (Å²) in [6, 6.07) is 13.4. The lowest BCUT2D eigenvalue weighted by Crippen LogP contribution is -2.31. The molecule has 0 heterocycles. The molecule has 0 bridgehead atoms. The van der Waals surface area contributed by atoms with Crippen molar-refractivity contribution in [1.82, 2.24) is 5.32 Å². The Morgan fingerprint density at radius 1 is 1.03 bits per heavy atom. The number of carboxylic acid groups (broad SMARTS) is 1. The number of carbonyl (C=O) groups is 2. The third-order valence-electron chi connectivity index (χ3n) is 4.60. The fourth-order valence-corrected chi connectivity index (χ4v) is 2.94. The number of aliphatic carboxylic acids is 1. The number of methoxy groups -OCH3 is 1. The van der Waals surface area contributed by atoms with E-state index in [1.807, 2.05) is 0 Å². The summed E-state index contributed by atoms with van der Waals surface area (Å²) in [6.07, 6.45) is -1.58. The second kappa shape index (κ2) is 12.9. The molecule has 0 saturated carbocycles. The molecule has 0 fully saturated rings. The number of ether oxygens (including phenoxy) is 2. The molecular weight excluding hydrogens is 479 g/mol. The van der Waals surface area contributed by atoms with E-state index in [0.29, 0.717) is 11.1 Å². The predicted molar refractivity (Wildman–Crippen MR) is 125 cm³/mol. The molecule has 1 amide bonds. The highest BCUT2D eigenvalue weighted by Crippen LogP contribution is 2.32. The standard InChI is InChI=1S/C23H20F3N3O3.C2H4O2/c1-31-21(23(30)29-12-13-2-4-14(5-3-13)22(27)28)19-17(25)10-11-18(20(19)26)32-16-8-6-15(24)7-9-16;1-2(3)4/h2-11,21H,12H2,1H3,(H3,27,28)(H,29,30);1H3,(H,3,4). The Labute approximate surface area is 205 Å². The van der Waals surface area contributed by atoms with E-state index in [1.54, 1.807) is 24.3 Å². The number of nitrogens with one attached hydrogen (secondary N) is 2. The van der Waals surface area contributed by atoms with E-state index in [4.69, 9.17) is 30.5 Å². The van der Waals surface area contributed by atoms with E-state index in [9.17, 15) is 13.6 Å². The van der Waals surface area contributed by atoms with Gasteiger partial charge in [-0.2, -0.15) is 0 Å². The van der Waals surface area contributed by atoms with Crippen molar-refractivity contribution in [1.29, 1.82) is 5.41 Å². The average molecular weight is 503 g/mol. The number of amidine groups is 1. The monoisotopic (exact) mass is 503 g/mol. The number of hydrogen-bond donors (Lipinski definition) is 4. The molecule has 0 aliphatic heterocycles. The summed E-state index contributed by atoms with van der Waals surface area (Å²) in [5.74, 6) is -4.49. The van der Waals surface area contributed by atoms with Crippen molar-refractivity contribution in [3.63, 3.8) is 0 Å². The van der Waals surface area contributed by atoms with Crippen LogP contribution in [-0.2, 0) is 20.9 Å². The zero-order valence-electron chi connectivity index (χ0n) is 19.3. The number of carbonyl (C=O) groups excluding carboxylic acids is 1. The number of benzene rings is 3. The van der Waals surface area contributed by atoms with Crippen molar-refractivity contribution >= 4 is 17.7 Å². The van der Waals surface area contributed by atoms with Gasteiger partial charge in [0, 0.05) is 26.1 Å². The van der Waals surface area contributed by atoms with Crippen LogP contribution in [0.3, 0.4) is 0 Å². The fraction of sp³-hybridized carbons (Fsp3) is 0.160. The number of nitrogens with two attached hydrogens (primary N) is 1. The lowest BCUT2D eigenvalue weighted by molar-refractivity contribution is -0.134. The molecule has 36 heavy (non-hydrogen) atoms. The van der Waals surface area contributed by atoms with Crippen molar-refractivity contribution in [2.75, 3.05) is 7.11 Å². The Kier molecular flexibility index (Phi) is 9.99. The van der Waals surface area contributed by atoms with Gasteiger partial charge in [0.2, 0.25) is 0 Å². The molecule has 5 N–H and O–H groups in total. The van der Waals surface area contributed by atoms with Gasteiger partial charge in [0.25, 0.3) is 11.9 Å². The highest BCUT2D eigenvalue weighted by Gasteiger charge is 2.29. The van der Waals surface area contributed by atoms with E-state index in [0.717, 1.165) is 38.3 Å². The maximum absolute atomic E-state index is 15.0. The van der Waals surface area contributed by atoms with Crippen molar-refractivity contribution < 1.29 is 37.3 Å². The molecule has 3 rings (SSSR count). The Balaban J connectivity index is 0.00000106. The zero-order valence-corrected chi connectivity index (χ0v) is 19.3. The molecule has 0 spiro atoms. The second-order valence-electron chi connectivity index (χ2n) is 7.29. The highest BCUT2D eigenvalue weighted by molar-refractivity contribution is 5.94. The molecule has 1 atom stereocenters. The zero-order chi connectivity index (χ0) is 26.8. The molecule has 0 aliphatic rings. The lowest BCUT2D eigenvalue weighted by atomic mass is 10.1. The normalized spacial score (nSPS) is 11.0. The molecule has 11 heteroatoms. The minimum atomic E-state index is -1.58. The quantitative estimate of drug-likeness (QED) is 0.268. The maximum atomic E-state index is 15.0. The first-order chi connectivity index (χ1) is 17.0. The number of amides is 1. The maximum Gasteiger partial charge on any atom is 0.300 e. The van der Waals surface area contributed by atoms with Gasteiger partial charge in [0.05, 0.1) is 5.56 Å². The molecule has 3 aromatic carbocycles. The van der Waals surface area contributed by atoms with Gasteiger partial charge >= 0.3 is 0 Å². The highest BCUT2D eigenvalue weighted by atomic mass is 19.1. The van der Waals surface area contributed by atoms with Crippen LogP contribution >= 0.6 is 0 Å². The first kappa shape index (κ1) is 27.9. The largest absolute Gasteiger partial charge is 0.481 e. The van der Waals surface area contributed by atoms with E-state index >= 15 is 4.39 Å². The second-order valence-corrected chi connectivity index (χ2v) is 7.29. The van der Waals surface area contributed by atoms with E-state index in [1.165, 1.54) is 12.1 Å². The minimum absolute atomic E-state index is 0.0614. The van der Waals surface area contributed by atoms with Crippen LogP contribution in [-0.4, -0.2) is 29.9 Å². The molecule has 0 saturated heterocycles. The molecular formula is C25H24F3N3O5. The summed E-state index contributed by atoms with van der Waals surface area (Å²) in [4.78, 5) is 21.6. The van der Waals surface area contributed by atoms with Crippen molar-refractivity contribution in [2.45, 2.75) is 19.6 Å². The van der Waals surface area contributed by atoms with Gasteiger partial charge in [0.15, 0.2) is 17.7 Å². The van der Waals surface area contributed by atoms with Crippen molar-refractivity contribution in [3.8, 4) is 11.5 Å². The summed E-state index contributed by atoms with van der Waals surface area (Å²) in [6.45, 7) is 1.14. The molecule has 190 valence electrons. The van der Waals surface area contributed by atoms with Gasteiger partial charge in [-0.25, -0.2) is 13.2 Å². The van der Waals surface area contributed by atoms with Crippen LogP contribution in [0.1, 0.15) is 29.7 Å². The average Bonchev–Trinajstić information content (AvgIpc) is 2.83. The lowest BCUT2D eigenvalue weighted by Gasteiger charge is -2.18. The first-order valence-corrected chi connectivity index (χ1v) is 10.4. The summed E-state index contributed by atoms with van der Waals surface area (Å²) in [7, 11) is 1.15. The van der Waals surface area contributed by atoms with Gasteiger partial charge in [-0.1, -0.05) is 24.3 Å².